The maximum Gasteiger partial charge on any atom is 0.434 e. The highest BCUT2D eigenvalue weighted by molar-refractivity contribution is 5.58. The van der Waals surface area contributed by atoms with Crippen molar-refractivity contribution in [1.82, 2.24) is 19.1 Å². The standard InChI is InChI=1S/2C14H14F3N3/c2*15-14(16,17)12-8-20(11-5-6-11)13(19-12)10-3-1-9(7-18)2-4-10/h2*1-4,8,11H,5-7,18H2. The normalized spacial score (nSPS) is 15.6. The zero-order valence-corrected chi connectivity index (χ0v) is 21.4. The lowest BCUT2D eigenvalue weighted by molar-refractivity contribution is -0.141. The van der Waals surface area contributed by atoms with E-state index in [-0.39, 0.29) is 12.1 Å². The van der Waals surface area contributed by atoms with E-state index in [2.05, 4.69) is 9.97 Å². The van der Waals surface area contributed by atoms with Crippen LogP contribution in [-0.2, 0) is 25.4 Å². The third kappa shape index (κ3) is 6.23. The minimum absolute atomic E-state index is 0.141. The van der Waals surface area contributed by atoms with Crippen molar-refractivity contribution in [2.45, 2.75) is 63.2 Å². The van der Waals surface area contributed by atoms with E-state index in [1.807, 2.05) is 24.3 Å². The maximum absolute atomic E-state index is 12.8. The van der Waals surface area contributed by atoms with Gasteiger partial charge in [-0.2, -0.15) is 26.3 Å². The molecule has 6 rings (SSSR count). The minimum Gasteiger partial charge on any atom is -0.327 e. The lowest BCUT2D eigenvalue weighted by atomic mass is 10.1. The van der Waals surface area contributed by atoms with E-state index < -0.39 is 23.7 Å². The topological polar surface area (TPSA) is 87.7 Å². The van der Waals surface area contributed by atoms with E-state index in [0.29, 0.717) is 35.9 Å². The Morgan fingerprint density at radius 2 is 0.925 bits per heavy atom. The Bertz CT molecular complexity index is 1330. The Morgan fingerprint density at radius 3 is 1.18 bits per heavy atom. The monoisotopic (exact) mass is 562 g/mol. The van der Waals surface area contributed by atoms with E-state index >= 15 is 0 Å². The lowest BCUT2D eigenvalue weighted by Crippen LogP contribution is -2.05. The van der Waals surface area contributed by atoms with Gasteiger partial charge < -0.3 is 20.6 Å². The number of alkyl halides is 6. The average Bonchev–Trinajstić information content (AvgIpc) is 3.87. The summed E-state index contributed by atoms with van der Waals surface area (Å²) in [6, 6.07) is 14.6. The third-order valence-corrected chi connectivity index (χ3v) is 6.82. The molecule has 0 atom stereocenters. The molecule has 2 aliphatic rings. The summed E-state index contributed by atoms with van der Waals surface area (Å²) in [7, 11) is 0. The summed E-state index contributed by atoms with van der Waals surface area (Å²) >= 11 is 0. The number of benzene rings is 2. The predicted molar refractivity (Wildman–Crippen MR) is 138 cm³/mol. The van der Waals surface area contributed by atoms with Crippen molar-refractivity contribution in [2.75, 3.05) is 0 Å². The van der Waals surface area contributed by atoms with Crippen LogP contribution < -0.4 is 11.5 Å². The van der Waals surface area contributed by atoms with Gasteiger partial charge >= 0.3 is 12.4 Å². The van der Waals surface area contributed by atoms with Gasteiger partial charge in [0.15, 0.2) is 11.4 Å². The Morgan fingerprint density at radius 1 is 0.600 bits per heavy atom. The van der Waals surface area contributed by atoms with Crippen LogP contribution in [0.5, 0.6) is 0 Å². The van der Waals surface area contributed by atoms with E-state index in [1.54, 1.807) is 33.4 Å². The first kappa shape index (κ1) is 27.9. The van der Waals surface area contributed by atoms with E-state index in [1.165, 1.54) is 0 Å². The molecule has 0 spiro atoms. The summed E-state index contributed by atoms with van der Waals surface area (Å²) in [6.07, 6.45) is -2.97. The summed E-state index contributed by atoms with van der Waals surface area (Å²) in [5.74, 6) is 0.756. The molecule has 2 heterocycles. The fourth-order valence-corrected chi connectivity index (χ4v) is 4.33. The quantitative estimate of drug-likeness (QED) is 0.255. The molecule has 0 amide bonds. The highest BCUT2D eigenvalue weighted by atomic mass is 19.4. The number of aromatic nitrogens is 4. The maximum atomic E-state index is 12.8. The van der Waals surface area contributed by atoms with Crippen LogP contribution in [-0.4, -0.2) is 19.1 Å². The Kier molecular flexibility index (Phi) is 7.49. The number of hydrogen-bond acceptors (Lipinski definition) is 4. The van der Waals surface area contributed by atoms with Crippen molar-refractivity contribution in [2.24, 2.45) is 11.5 Å². The molecular formula is C28H28F6N6. The second-order valence-electron chi connectivity index (χ2n) is 9.97. The molecule has 0 radical (unpaired) electrons. The molecule has 0 bridgehead atoms. The second-order valence-corrected chi connectivity index (χ2v) is 9.97. The van der Waals surface area contributed by atoms with Crippen LogP contribution in [0.1, 0.15) is 60.3 Å². The fraction of sp³-hybridized carbons (Fsp3) is 0.357. The van der Waals surface area contributed by atoms with Crippen molar-refractivity contribution in [3.8, 4) is 22.8 Å². The Labute approximate surface area is 226 Å². The van der Waals surface area contributed by atoms with Crippen molar-refractivity contribution in [3.63, 3.8) is 0 Å². The number of imidazole rings is 2. The van der Waals surface area contributed by atoms with Crippen LogP contribution in [0.4, 0.5) is 26.3 Å². The third-order valence-electron chi connectivity index (χ3n) is 6.82. The molecule has 2 saturated carbocycles. The van der Waals surface area contributed by atoms with Gasteiger partial charge in [0, 0.05) is 48.7 Å². The Balaban J connectivity index is 0.000000161. The number of nitrogens with zero attached hydrogens (tertiary/aromatic N) is 4. The number of halogens is 6. The smallest absolute Gasteiger partial charge is 0.327 e. The van der Waals surface area contributed by atoms with Gasteiger partial charge in [-0.05, 0) is 36.8 Å². The van der Waals surface area contributed by atoms with Crippen LogP contribution >= 0.6 is 0 Å². The molecule has 2 aromatic heterocycles. The molecule has 2 aliphatic carbocycles. The van der Waals surface area contributed by atoms with Crippen molar-refractivity contribution >= 4 is 0 Å². The first-order valence-electron chi connectivity index (χ1n) is 12.9. The number of nitrogens with two attached hydrogens (primary N) is 2. The van der Waals surface area contributed by atoms with Crippen LogP contribution in [0.15, 0.2) is 60.9 Å². The molecule has 4 aromatic rings. The van der Waals surface area contributed by atoms with Crippen molar-refractivity contribution in [3.05, 3.63) is 83.4 Å². The largest absolute Gasteiger partial charge is 0.434 e. The van der Waals surface area contributed by atoms with Crippen molar-refractivity contribution < 1.29 is 26.3 Å². The highest BCUT2D eigenvalue weighted by Gasteiger charge is 2.38. The number of rotatable bonds is 6. The molecule has 2 aromatic carbocycles. The molecule has 0 saturated heterocycles. The molecule has 6 nitrogen and oxygen atoms in total. The van der Waals surface area contributed by atoms with Crippen LogP contribution in [0, 0.1) is 0 Å². The van der Waals surface area contributed by atoms with Crippen molar-refractivity contribution in [1.29, 1.82) is 0 Å². The van der Waals surface area contributed by atoms with Gasteiger partial charge in [-0.25, -0.2) is 9.97 Å². The molecule has 4 N–H and O–H groups in total. The number of hydrogen-bond donors (Lipinski definition) is 2. The van der Waals surface area contributed by atoms with Gasteiger partial charge in [-0.15, -0.1) is 0 Å². The highest BCUT2D eigenvalue weighted by Crippen LogP contribution is 2.42. The summed E-state index contributed by atoms with van der Waals surface area (Å²) < 4.78 is 80.1. The second kappa shape index (κ2) is 10.7. The van der Waals surface area contributed by atoms with E-state index in [4.69, 9.17) is 11.5 Å². The summed E-state index contributed by atoms with van der Waals surface area (Å²) in [5.41, 5.74) is 12.6. The predicted octanol–water partition coefficient (Wildman–Crippen LogP) is 6.73. The summed E-state index contributed by atoms with van der Waals surface area (Å²) in [5, 5.41) is 0. The van der Waals surface area contributed by atoms with Gasteiger partial charge in [0.05, 0.1) is 0 Å². The molecule has 40 heavy (non-hydrogen) atoms. The minimum atomic E-state index is -4.41. The summed E-state index contributed by atoms with van der Waals surface area (Å²) in [6.45, 7) is 0.816. The molecular weight excluding hydrogens is 534 g/mol. The zero-order valence-electron chi connectivity index (χ0n) is 21.4. The average molecular weight is 563 g/mol. The van der Waals surface area contributed by atoms with Crippen LogP contribution in [0.25, 0.3) is 22.8 Å². The first-order chi connectivity index (χ1) is 19.0. The molecule has 2 fully saturated rings. The Hall–Kier alpha value is -3.64. The summed E-state index contributed by atoms with van der Waals surface area (Å²) in [4.78, 5) is 7.55. The van der Waals surface area contributed by atoms with E-state index in [0.717, 1.165) is 49.2 Å². The molecule has 0 aliphatic heterocycles. The molecule has 0 unspecified atom stereocenters. The lowest BCUT2D eigenvalue weighted by Gasteiger charge is -2.06. The van der Waals surface area contributed by atoms with Crippen LogP contribution in [0.2, 0.25) is 0 Å². The molecule has 212 valence electrons. The van der Waals surface area contributed by atoms with Gasteiger partial charge in [0.1, 0.15) is 11.6 Å². The SMILES string of the molecule is NCc1ccc(-c2nc(C(F)(F)F)cn2C2CC2)cc1.NCc1ccc(-c2nc(C(F)(F)F)cn2C2CC2)cc1. The molecule has 12 heteroatoms. The fourth-order valence-electron chi connectivity index (χ4n) is 4.33. The zero-order chi connectivity index (χ0) is 28.7. The van der Waals surface area contributed by atoms with E-state index in [9.17, 15) is 26.3 Å². The van der Waals surface area contributed by atoms with Gasteiger partial charge in [-0.3, -0.25) is 0 Å². The van der Waals surface area contributed by atoms with Crippen LogP contribution in [0.3, 0.4) is 0 Å². The van der Waals surface area contributed by atoms with Gasteiger partial charge in [0.2, 0.25) is 0 Å². The van der Waals surface area contributed by atoms with Gasteiger partial charge in [-0.1, -0.05) is 48.5 Å². The first-order valence-corrected chi connectivity index (χ1v) is 12.9. The van der Waals surface area contributed by atoms with Gasteiger partial charge in [0.25, 0.3) is 0 Å².